The van der Waals surface area contributed by atoms with E-state index in [1.54, 1.807) is 11.5 Å². The zero-order chi connectivity index (χ0) is 20.1. The Morgan fingerprint density at radius 1 is 1.25 bits per heavy atom. The summed E-state index contributed by atoms with van der Waals surface area (Å²) in [5, 5.41) is 24.7. The molecule has 0 radical (unpaired) electrons. The highest BCUT2D eigenvalue weighted by Crippen LogP contribution is 2.38. The van der Waals surface area contributed by atoms with Crippen LogP contribution in [0.5, 0.6) is 5.88 Å². The Bertz CT molecular complexity index is 1020. The van der Waals surface area contributed by atoms with Gasteiger partial charge in [-0.25, -0.2) is 0 Å². The van der Waals surface area contributed by atoms with Crippen LogP contribution >= 0.6 is 11.3 Å². The molecule has 0 aliphatic rings. The number of aromatic hydroxyl groups is 1. The molecule has 3 rings (SSSR count). The number of para-hydroxylation sites is 1. The summed E-state index contributed by atoms with van der Waals surface area (Å²) >= 11 is 1.54. The number of hydrogen-bond donors (Lipinski definition) is 1. The van der Waals surface area contributed by atoms with Gasteiger partial charge in [-0.3, -0.25) is 14.3 Å². The van der Waals surface area contributed by atoms with Crippen LogP contribution in [0.1, 0.15) is 11.8 Å². The standard InChI is InChI=1S/C19H21N5O3S/c1-13(16-9-6-10-28-16)22-27-11-17(25)20-21-18-14-7-4-5-8-15(14)24(19(18)26)12-23(2)3/h4-10,26H,11-12H2,1-3H3. The van der Waals surface area contributed by atoms with Gasteiger partial charge in [0, 0.05) is 5.39 Å². The summed E-state index contributed by atoms with van der Waals surface area (Å²) in [7, 11) is 3.80. The van der Waals surface area contributed by atoms with Crippen LogP contribution < -0.4 is 0 Å². The van der Waals surface area contributed by atoms with Gasteiger partial charge in [-0.15, -0.1) is 21.6 Å². The average molecular weight is 399 g/mol. The number of nitrogens with zero attached hydrogens (tertiary/aromatic N) is 5. The molecule has 9 heteroatoms. The first-order valence-electron chi connectivity index (χ1n) is 8.57. The molecule has 146 valence electrons. The normalized spacial score (nSPS) is 12.4. The average Bonchev–Trinajstić information content (AvgIpc) is 3.28. The van der Waals surface area contributed by atoms with Crippen molar-refractivity contribution in [2.24, 2.45) is 15.4 Å². The van der Waals surface area contributed by atoms with Crippen LogP contribution in [0.2, 0.25) is 0 Å². The van der Waals surface area contributed by atoms with Gasteiger partial charge >= 0.3 is 5.91 Å². The molecule has 0 saturated heterocycles. The Morgan fingerprint density at radius 3 is 2.75 bits per heavy atom. The summed E-state index contributed by atoms with van der Waals surface area (Å²) in [4.78, 5) is 19.9. The molecular weight excluding hydrogens is 378 g/mol. The molecule has 3 aromatic rings. The summed E-state index contributed by atoms with van der Waals surface area (Å²) in [6.07, 6.45) is 0. The highest BCUT2D eigenvalue weighted by molar-refractivity contribution is 7.12. The van der Waals surface area contributed by atoms with Gasteiger partial charge in [0.05, 0.1) is 22.8 Å². The SMILES string of the molecule is CC(=NOCC(=O)N=Nc1c(O)n(CN(C)C)c2ccccc12)c1cccs1. The Kier molecular flexibility index (Phi) is 6.17. The van der Waals surface area contributed by atoms with Crippen LogP contribution in [0.25, 0.3) is 10.9 Å². The Hall–Kier alpha value is -3.04. The zero-order valence-electron chi connectivity index (χ0n) is 15.9. The summed E-state index contributed by atoms with van der Waals surface area (Å²) in [5.41, 5.74) is 1.75. The molecule has 1 N–H and O–H groups in total. The summed E-state index contributed by atoms with van der Waals surface area (Å²) in [5.74, 6) is -0.634. The van der Waals surface area contributed by atoms with E-state index in [0.29, 0.717) is 17.8 Å². The number of fused-ring (bicyclic) bond motifs is 1. The second-order valence-corrected chi connectivity index (χ2v) is 7.31. The number of carbonyl (C=O) groups excluding carboxylic acids is 1. The first-order chi connectivity index (χ1) is 13.5. The van der Waals surface area contributed by atoms with Crippen LogP contribution in [-0.2, 0) is 16.3 Å². The van der Waals surface area contributed by atoms with Gasteiger partial charge in [0.2, 0.25) is 5.88 Å². The molecule has 0 bridgehead atoms. The molecule has 0 fully saturated rings. The van der Waals surface area contributed by atoms with Crippen LogP contribution in [0.15, 0.2) is 57.2 Å². The number of carbonyl (C=O) groups is 1. The highest BCUT2D eigenvalue weighted by Gasteiger charge is 2.17. The number of aromatic nitrogens is 1. The van der Waals surface area contributed by atoms with Gasteiger partial charge in [-0.05, 0) is 38.5 Å². The van der Waals surface area contributed by atoms with E-state index in [0.717, 1.165) is 10.4 Å². The van der Waals surface area contributed by atoms with Crippen LogP contribution in [0.3, 0.4) is 0 Å². The maximum atomic E-state index is 12.0. The van der Waals surface area contributed by atoms with E-state index in [2.05, 4.69) is 15.4 Å². The van der Waals surface area contributed by atoms with E-state index >= 15 is 0 Å². The van der Waals surface area contributed by atoms with Crippen molar-refractivity contribution < 1.29 is 14.7 Å². The van der Waals surface area contributed by atoms with Crippen molar-refractivity contribution in [3.8, 4) is 5.88 Å². The molecule has 0 unspecified atom stereocenters. The van der Waals surface area contributed by atoms with E-state index in [-0.39, 0.29) is 18.2 Å². The lowest BCUT2D eigenvalue weighted by Gasteiger charge is -2.12. The van der Waals surface area contributed by atoms with E-state index in [1.165, 1.54) is 11.3 Å². The quantitative estimate of drug-likeness (QED) is 0.369. The van der Waals surface area contributed by atoms with Crippen molar-refractivity contribution in [2.45, 2.75) is 13.6 Å². The topological polar surface area (TPSA) is 91.8 Å². The molecule has 0 spiro atoms. The van der Waals surface area contributed by atoms with Crippen molar-refractivity contribution in [3.63, 3.8) is 0 Å². The van der Waals surface area contributed by atoms with E-state index in [9.17, 15) is 9.90 Å². The lowest BCUT2D eigenvalue weighted by molar-refractivity contribution is -0.122. The minimum atomic E-state index is -0.591. The fraction of sp³-hybridized carbons (Fsp3) is 0.263. The molecular formula is C19H21N5O3S. The van der Waals surface area contributed by atoms with Crippen LogP contribution in [-0.4, -0.2) is 46.9 Å². The third-order valence-electron chi connectivity index (χ3n) is 3.87. The van der Waals surface area contributed by atoms with E-state index in [1.807, 2.05) is 60.8 Å². The minimum absolute atomic E-state index is 0.0427. The van der Waals surface area contributed by atoms with Gasteiger partial charge in [0.15, 0.2) is 12.3 Å². The second-order valence-electron chi connectivity index (χ2n) is 6.36. The first kappa shape index (κ1) is 19.7. The predicted molar refractivity (Wildman–Crippen MR) is 109 cm³/mol. The monoisotopic (exact) mass is 399 g/mol. The number of benzene rings is 1. The number of rotatable bonds is 7. The smallest absolute Gasteiger partial charge is 0.304 e. The second kappa shape index (κ2) is 8.77. The molecule has 1 aromatic carbocycles. The fourth-order valence-corrected chi connectivity index (χ4v) is 3.31. The largest absolute Gasteiger partial charge is 0.493 e. The first-order valence-corrected chi connectivity index (χ1v) is 9.45. The Labute approximate surface area is 166 Å². The molecule has 8 nitrogen and oxygen atoms in total. The van der Waals surface area contributed by atoms with Crippen molar-refractivity contribution in [3.05, 3.63) is 46.7 Å². The molecule has 0 atom stereocenters. The molecule has 28 heavy (non-hydrogen) atoms. The van der Waals surface area contributed by atoms with Crippen molar-refractivity contribution in [1.82, 2.24) is 9.47 Å². The number of thiophene rings is 1. The van der Waals surface area contributed by atoms with Gasteiger partial charge < -0.3 is 9.94 Å². The molecule has 0 aliphatic heterocycles. The van der Waals surface area contributed by atoms with Gasteiger partial charge in [0.1, 0.15) is 0 Å². The highest BCUT2D eigenvalue weighted by atomic mass is 32.1. The lowest BCUT2D eigenvalue weighted by Crippen LogP contribution is -2.16. The fourth-order valence-electron chi connectivity index (χ4n) is 2.64. The van der Waals surface area contributed by atoms with Gasteiger partial charge in [0.25, 0.3) is 0 Å². The summed E-state index contributed by atoms with van der Waals surface area (Å²) in [6, 6.07) is 11.3. The summed E-state index contributed by atoms with van der Waals surface area (Å²) in [6.45, 7) is 1.94. The van der Waals surface area contributed by atoms with Gasteiger partial charge in [-0.2, -0.15) is 0 Å². The molecule has 1 amide bonds. The molecule has 0 aliphatic carbocycles. The number of oxime groups is 1. The number of amides is 1. The Morgan fingerprint density at radius 2 is 2.04 bits per heavy atom. The zero-order valence-corrected chi connectivity index (χ0v) is 16.7. The van der Waals surface area contributed by atoms with Crippen LogP contribution in [0, 0.1) is 0 Å². The number of azo groups is 1. The van der Waals surface area contributed by atoms with E-state index in [4.69, 9.17) is 4.84 Å². The van der Waals surface area contributed by atoms with Gasteiger partial charge in [-0.1, -0.05) is 29.4 Å². The van der Waals surface area contributed by atoms with Crippen molar-refractivity contribution in [2.75, 3.05) is 20.7 Å². The third kappa shape index (κ3) is 4.44. The lowest BCUT2D eigenvalue weighted by atomic mass is 10.2. The summed E-state index contributed by atoms with van der Waals surface area (Å²) < 4.78 is 1.71. The minimum Gasteiger partial charge on any atom is -0.493 e. The van der Waals surface area contributed by atoms with Crippen molar-refractivity contribution in [1.29, 1.82) is 0 Å². The predicted octanol–water partition coefficient (Wildman–Crippen LogP) is 3.98. The van der Waals surface area contributed by atoms with Crippen LogP contribution in [0.4, 0.5) is 5.69 Å². The number of hydrogen-bond acceptors (Lipinski definition) is 7. The Balaban J connectivity index is 1.73. The van der Waals surface area contributed by atoms with E-state index < -0.39 is 5.91 Å². The maximum absolute atomic E-state index is 12.0. The van der Waals surface area contributed by atoms with Crippen molar-refractivity contribution >= 4 is 39.5 Å². The molecule has 2 aromatic heterocycles. The molecule has 0 saturated carbocycles. The maximum Gasteiger partial charge on any atom is 0.304 e. The third-order valence-corrected chi connectivity index (χ3v) is 4.85. The molecule has 2 heterocycles.